The average Bonchev–Trinajstić information content (AvgIpc) is 3.55. The van der Waals surface area contributed by atoms with Crippen LogP contribution in [0.3, 0.4) is 0 Å². The number of aromatic nitrogens is 1. The second kappa shape index (κ2) is 10.5. The molecule has 182 valence electrons. The van der Waals surface area contributed by atoms with Crippen LogP contribution in [-0.2, 0) is 21.3 Å². The van der Waals surface area contributed by atoms with Crippen molar-refractivity contribution in [3.8, 4) is 28.6 Å². The van der Waals surface area contributed by atoms with Crippen LogP contribution >= 0.6 is 0 Å². The van der Waals surface area contributed by atoms with Crippen molar-refractivity contribution in [3.05, 3.63) is 54.2 Å². The van der Waals surface area contributed by atoms with Crippen molar-refractivity contribution in [2.45, 2.75) is 30.4 Å². The van der Waals surface area contributed by atoms with E-state index in [0.29, 0.717) is 40.9 Å². The molecule has 9 nitrogen and oxygen atoms in total. The van der Waals surface area contributed by atoms with Crippen LogP contribution in [0, 0.1) is 0 Å². The van der Waals surface area contributed by atoms with E-state index in [-0.39, 0.29) is 24.1 Å². The molecule has 10 heteroatoms. The molecular weight excluding hydrogens is 460 g/mol. The normalized spacial score (nSPS) is 16.1. The summed E-state index contributed by atoms with van der Waals surface area (Å²) < 4.78 is 55.7. The largest absolute Gasteiger partial charge is 0.493 e. The molecule has 0 aliphatic carbocycles. The van der Waals surface area contributed by atoms with Gasteiger partial charge in [-0.2, -0.15) is 4.31 Å². The topological polar surface area (TPSA) is 100 Å². The smallest absolute Gasteiger partial charge is 0.243 e. The minimum absolute atomic E-state index is 0.0466. The van der Waals surface area contributed by atoms with E-state index in [1.54, 1.807) is 48.5 Å². The third-order valence-corrected chi connectivity index (χ3v) is 7.48. The fourth-order valence-corrected chi connectivity index (χ4v) is 5.40. The highest BCUT2D eigenvalue weighted by Crippen LogP contribution is 2.41. The standard InChI is InChI=1S/C24H28N2O7S/c1-29-22-12-17(13-23(30-2)24(22)31-3)21-14-18(25-33-21)15-26(16-19-8-7-11-32-19)34(27,28)20-9-5-4-6-10-20/h4-6,9-10,12-14,19H,7-8,11,15-16H2,1-3H3. The molecule has 1 aliphatic rings. The predicted octanol–water partition coefficient (Wildman–Crippen LogP) is 3.74. The van der Waals surface area contributed by atoms with Gasteiger partial charge in [0.15, 0.2) is 17.3 Å². The molecule has 0 saturated carbocycles. The van der Waals surface area contributed by atoms with Crippen molar-refractivity contribution in [1.29, 1.82) is 0 Å². The molecule has 0 bridgehead atoms. The molecule has 1 fully saturated rings. The monoisotopic (exact) mass is 488 g/mol. The third kappa shape index (κ3) is 5.03. The molecule has 1 aromatic heterocycles. The van der Waals surface area contributed by atoms with Gasteiger partial charge in [-0.05, 0) is 37.1 Å². The molecule has 1 saturated heterocycles. The summed E-state index contributed by atoms with van der Waals surface area (Å²) in [5.74, 6) is 1.86. The van der Waals surface area contributed by atoms with Crippen LogP contribution in [0.5, 0.6) is 17.2 Å². The molecule has 1 atom stereocenters. The molecule has 3 aromatic rings. The number of ether oxygens (including phenoxy) is 4. The Morgan fingerprint density at radius 1 is 1.03 bits per heavy atom. The fourth-order valence-electron chi connectivity index (χ4n) is 3.93. The Hall–Kier alpha value is -3.08. The number of hydrogen-bond donors (Lipinski definition) is 0. The first kappa shape index (κ1) is 24.1. The summed E-state index contributed by atoms with van der Waals surface area (Å²) in [6.07, 6.45) is 1.58. The van der Waals surface area contributed by atoms with Crippen molar-refractivity contribution in [1.82, 2.24) is 9.46 Å². The number of methoxy groups -OCH3 is 3. The Bertz CT molecular complexity index is 1180. The first-order valence-electron chi connectivity index (χ1n) is 10.9. The van der Waals surface area contributed by atoms with Crippen LogP contribution in [0.2, 0.25) is 0 Å². The van der Waals surface area contributed by atoms with Gasteiger partial charge in [-0.25, -0.2) is 8.42 Å². The van der Waals surface area contributed by atoms with E-state index in [2.05, 4.69) is 5.16 Å². The minimum atomic E-state index is -3.76. The molecule has 4 rings (SSSR count). The summed E-state index contributed by atoms with van der Waals surface area (Å²) in [5.41, 5.74) is 1.13. The summed E-state index contributed by atoms with van der Waals surface area (Å²) >= 11 is 0. The predicted molar refractivity (Wildman–Crippen MR) is 125 cm³/mol. The highest BCUT2D eigenvalue weighted by atomic mass is 32.2. The molecule has 1 unspecified atom stereocenters. The zero-order chi connectivity index (χ0) is 24.1. The van der Waals surface area contributed by atoms with Crippen molar-refractivity contribution in [2.75, 3.05) is 34.5 Å². The Morgan fingerprint density at radius 3 is 2.32 bits per heavy atom. The van der Waals surface area contributed by atoms with Crippen LogP contribution in [-0.4, -0.2) is 58.5 Å². The zero-order valence-electron chi connectivity index (χ0n) is 19.4. The summed E-state index contributed by atoms with van der Waals surface area (Å²) in [7, 11) is 0.837. The lowest BCUT2D eigenvalue weighted by Crippen LogP contribution is -2.37. The molecular formula is C24H28N2O7S. The molecule has 2 aromatic carbocycles. The van der Waals surface area contributed by atoms with E-state index in [0.717, 1.165) is 12.8 Å². The average molecular weight is 489 g/mol. The van der Waals surface area contributed by atoms with Crippen LogP contribution in [0.1, 0.15) is 18.5 Å². The number of nitrogens with zero attached hydrogens (tertiary/aromatic N) is 2. The van der Waals surface area contributed by atoms with E-state index in [9.17, 15) is 8.42 Å². The maximum atomic E-state index is 13.4. The van der Waals surface area contributed by atoms with Gasteiger partial charge in [0.2, 0.25) is 15.8 Å². The van der Waals surface area contributed by atoms with Gasteiger partial charge in [0, 0.05) is 24.8 Å². The Kier molecular flexibility index (Phi) is 7.40. The lowest BCUT2D eigenvalue weighted by molar-refractivity contribution is 0.0922. The van der Waals surface area contributed by atoms with Crippen LogP contribution < -0.4 is 14.2 Å². The van der Waals surface area contributed by atoms with Crippen LogP contribution in [0.15, 0.2) is 57.9 Å². The lowest BCUT2D eigenvalue weighted by Gasteiger charge is -2.24. The number of benzene rings is 2. The number of sulfonamides is 1. The van der Waals surface area contributed by atoms with E-state index in [1.807, 2.05) is 0 Å². The van der Waals surface area contributed by atoms with Gasteiger partial charge in [0.05, 0.1) is 44.6 Å². The van der Waals surface area contributed by atoms with Gasteiger partial charge in [-0.15, -0.1) is 0 Å². The summed E-state index contributed by atoms with van der Waals surface area (Å²) in [6.45, 7) is 0.924. The second-order valence-corrected chi connectivity index (χ2v) is 9.78. The first-order valence-corrected chi connectivity index (χ1v) is 12.3. The molecule has 0 spiro atoms. The third-order valence-electron chi connectivity index (χ3n) is 5.66. The zero-order valence-corrected chi connectivity index (χ0v) is 20.2. The van der Waals surface area contributed by atoms with E-state index >= 15 is 0 Å². The highest BCUT2D eigenvalue weighted by Gasteiger charge is 2.30. The van der Waals surface area contributed by atoms with Crippen molar-refractivity contribution < 1.29 is 31.9 Å². The quantitative estimate of drug-likeness (QED) is 0.426. The van der Waals surface area contributed by atoms with Crippen molar-refractivity contribution in [3.63, 3.8) is 0 Å². The SMILES string of the molecule is COc1cc(-c2cc(CN(CC3CCCO3)S(=O)(=O)c3ccccc3)no2)cc(OC)c1OC. The number of hydrogen-bond acceptors (Lipinski definition) is 8. The highest BCUT2D eigenvalue weighted by molar-refractivity contribution is 7.89. The molecule has 0 radical (unpaired) electrons. The molecule has 0 amide bonds. The van der Waals surface area contributed by atoms with Gasteiger partial charge in [-0.1, -0.05) is 23.4 Å². The Morgan fingerprint density at radius 2 is 1.74 bits per heavy atom. The summed E-state index contributed by atoms with van der Waals surface area (Å²) in [6, 6.07) is 13.6. The number of rotatable bonds is 10. The maximum Gasteiger partial charge on any atom is 0.243 e. The van der Waals surface area contributed by atoms with Gasteiger partial charge in [0.1, 0.15) is 0 Å². The fraction of sp³-hybridized carbons (Fsp3) is 0.375. The van der Waals surface area contributed by atoms with Crippen LogP contribution in [0.25, 0.3) is 11.3 Å². The summed E-state index contributed by atoms with van der Waals surface area (Å²) in [4.78, 5) is 0.223. The van der Waals surface area contributed by atoms with E-state index < -0.39 is 10.0 Å². The first-order chi connectivity index (χ1) is 16.5. The van der Waals surface area contributed by atoms with Gasteiger partial charge in [-0.3, -0.25) is 0 Å². The van der Waals surface area contributed by atoms with Crippen LogP contribution in [0.4, 0.5) is 0 Å². The minimum Gasteiger partial charge on any atom is -0.493 e. The van der Waals surface area contributed by atoms with E-state index in [4.69, 9.17) is 23.5 Å². The Labute approximate surface area is 199 Å². The van der Waals surface area contributed by atoms with Crippen molar-refractivity contribution >= 4 is 10.0 Å². The van der Waals surface area contributed by atoms with E-state index in [1.165, 1.54) is 25.6 Å². The molecule has 0 N–H and O–H groups in total. The molecule has 2 heterocycles. The van der Waals surface area contributed by atoms with Gasteiger partial charge < -0.3 is 23.5 Å². The van der Waals surface area contributed by atoms with Gasteiger partial charge >= 0.3 is 0 Å². The Balaban J connectivity index is 1.63. The molecule has 1 aliphatic heterocycles. The summed E-state index contributed by atoms with van der Waals surface area (Å²) in [5, 5.41) is 4.13. The van der Waals surface area contributed by atoms with Gasteiger partial charge in [0.25, 0.3) is 0 Å². The second-order valence-electron chi connectivity index (χ2n) is 7.84. The molecule has 34 heavy (non-hydrogen) atoms. The lowest BCUT2D eigenvalue weighted by atomic mass is 10.1. The van der Waals surface area contributed by atoms with Crippen molar-refractivity contribution in [2.24, 2.45) is 0 Å². The maximum absolute atomic E-state index is 13.4.